The first-order chi connectivity index (χ1) is 10.5. The second-order valence-electron chi connectivity index (χ2n) is 5.72. The largest absolute Gasteiger partial charge is 0.463 e. The average Bonchev–Trinajstić information content (AvgIpc) is 2.78. The number of carbonyl (C=O) groups excluding carboxylic acids is 3. The Morgan fingerprint density at radius 1 is 1.36 bits per heavy atom. The molecule has 2 fully saturated rings. The molecule has 2 amide bonds. The second kappa shape index (κ2) is 7.06. The van der Waals surface area contributed by atoms with E-state index in [4.69, 9.17) is 4.74 Å². The molecule has 22 heavy (non-hydrogen) atoms. The predicted molar refractivity (Wildman–Crippen MR) is 74.3 cm³/mol. The first-order valence-electron chi connectivity index (χ1n) is 7.60. The van der Waals surface area contributed by atoms with Crippen LogP contribution in [0.3, 0.4) is 0 Å². The predicted octanol–water partition coefficient (Wildman–Crippen LogP) is -1.11. The van der Waals surface area contributed by atoms with Crippen LogP contribution in [0.2, 0.25) is 0 Å². The lowest BCUT2D eigenvalue weighted by molar-refractivity contribution is -0.158. The van der Waals surface area contributed by atoms with Gasteiger partial charge in [0.15, 0.2) is 0 Å². The van der Waals surface area contributed by atoms with Gasteiger partial charge in [0, 0.05) is 6.42 Å². The molecule has 0 aliphatic carbocycles. The van der Waals surface area contributed by atoms with Crippen molar-refractivity contribution in [3.8, 4) is 0 Å². The highest BCUT2D eigenvalue weighted by atomic mass is 16.5. The molecule has 0 radical (unpaired) electrons. The van der Waals surface area contributed by atoms with Gasteiger partial charge in [0.1, 0.15) is 18.9 Å². The third kappa shape index (κ3) is 3.38. The molecule has 3 N–H and O–H groups in total. The molecule has 0 aromatic rings. The fourth-order valence-corrected chi connectivity index (χ4v) is 2.82. The molecule has 2 heterocycles. The number of rotatable bonds is 6. The summed E-state index contributed by atoms with van der Waals surface area (Å²) in [5.74, 6) is -1.96. The number of nitrogens with one attached hydrogen (secondary N) is 1. The lowest BCUT2D eigenvalue weighted by Gasteiger charge is -2.41. The molecule has 0 aromatic heterocycles. The summed E-state index contributed by atoms with van der Waals surface area (Å²) in [4.78, 5) is 36.1. The van der Waals surface area contributed by atoms with E-state index in [9.17, 15) is 24.6 Å². The maximum atomic E-state index is 11.8. The minimum atomic E-state index is -1.24. The quantitative estimate of drug-likeness (QED) is 0.325. The maximum absolute atomic E-state index is 11.8. The lowest BCUT2D eigenvalue weighted by atomic mass is 9.95. The normalized spacial score (nSPS) is 31.0. The van der Waals surface area contributed by atoms with Crippen LogP contribution >= 0.6 is 0 Å². The fourth-order valence-electron chi connectivity index (χ4n) is 2.82. The maximum Gasteiger partial charge on any atom is 0.314 e. The third-order valence-electron chi connectivity index (χ3n) is 4.05. The number of ether oxygens (including phenoxy) is 1. The third-order valence-corrected chi connectivity index (χ3v) is 4.05. The molecule has 2 rings (SSSR count). The van der Waals surface area contributed by atoms with E-state index in [1.165, 1.54) is 4.90 Å². The monoisotopic (exact) mass is 314 g/mol. The standard InChI is InChI=1S/C14H22N2O6/c1-2-3-4-5-10(18)22-7-8-6-9(17)11(19)12-15-13(20)14(21)16(8)12/h8-9,11-12,17,19H,2-7H2,1H3,(H,15,20). The number of amides is 2. The van der Waals surface area contributed by atoms with Crippen LogP contribution in [-0.2, 0) is 19.1 Å². The molecule has 0 spiro atoms. The van der Waals surface area contributed by atoms with Crippen LogP contribution in [0.5, 0.6) is 0 Å². The van der Waals surface area contributed by atoms with Gasteiger partial charge < -0.3 is 25.2 Å². The lowest BCUT2D eigenvalue weighted by Crippen LogP contribution is -2.61. The topological polar surface area (TPSA) is 116 Å². The number of fused-ring (bicyclic) bond motifs is 1. The molecule has 2 aliphatic heterocycles. The molecule has 4 atom stereocenters. The molecule has 8 nitrogen and oxygen atoms in total. The summed E-state index contributed by atoms with van der Waals surface area (Å²) in [5, 5.41) is 22.0. The van der Waals surface area contributed by atoms with Crippen LogP contribution < -0.4 is 5.32 Å². The first-order valence-corrected chi connectivity index (χ1v) is 7.60. The number of piperidine rings is 1. The van der Waals surface area contributed by atoms with E-state index in [-0.39, 0.29) is 19.0 Å². The highest BCUT2D eigenvalue weighted by Crippen LogP contribution is 2.26. The van der Waals surface area contributed by atoms with Gasteiger partial charge in [-0.25, -0.2) is 0 Å². The Bertz CT molecular complexity index is 455. The summed E-state index contributed by atoms with van der Waals surface area (Å²) in [6.45, 7) is 1.94. The van der Waals surface area contributed by atoms with E-state index in [1.54, 1.807) is 0 Å². The molecule has 0 saturated carbocycles. The Labute approximate surface area is 128 Å². The number of unbranched alkanes of at least 4 members (excludes halogenated alkanes) is 2. The Hall–Kier alpha value is -1.67. The molecule has 4 unspecified atom stereocenters. The number of esters is 1. The van der Waals surface area contributed by atoms with Crippen LogP contribution in [0.25, 0.3) is 0 Å². The summed E-state index contributed by atoms with van der Waals surface area (Å²) in [6.07, 6.45) is -0.254. The molecule has 8 heteroatoms. The van der Waals surface area contributed by atoms with Crippen molar-refractivity contribution in [2.75, 3.05) is 6.61 Å². The van der Waals surface area contributed by atoms with Gasteiger partial charge in [-0.05, 0) is 12.8 Å². The van der Waals surface area contributed by atoms with Crippen LogP contribution in [-0.4, -0.2) is 63.9 Å². The summed E-state index contributed by atoms with van der Waals surface area (Å²) >= 11 is 0. The van der Waals surface area contributed by atoms with Crippen LogP contribution in [0, 0.1) is 0 Å². The Balaban J connectivity index is 1.93. The number of aliphatic hydroxyl groups excluding tert-OH is 2. The first kappa shape index (κ1) is 16.7. The van der Waals surface area contributed by atoms with Gasteiger partial charge >= 0.3 is 17.8 Å². The average molecular weight is 314 g/mol. The van der Waals surface area contributed by atoms with Gasteiger partial charge in [0.2, 0.25) is 0 Å². The van der Waals surface area contributed by atoms with Gasteiger partial charge in [0.05, 0.1) is 12.1 Å². The van der Waals surface area contributed by atoms with Gasteiger partial charge in [-0.15, -0.1) is 0 Å². The molecule has 2 saturated heterocycles. The van der Waals surface area contributed by atoms with Crippen molar-refractivity contribution in [1.82, 2.24) is 10.2 Å². The Kier molecular flexibility index (Phi) is 5.36. The van der Waals surface area contributed by atoms with Crippen LogP contribution in [0.4, 0.5) is 0 Å². The fraction of sp³-hybridized carbons (Fsp3) is 0.786. The second-order valence-corrected chi connectivity index (χ2v) is 5.72. The summed E-state index contributed by atoms with van der Waals surface area (Å²) in [7, 11) is 0. The number of hydrogen-bond donors (Lipinski definition) is 3. The molecule has 124 valence electrons. The summed E-state index contributed by atoms with van der Waals surface area (Å²) in [5.41, 5.74) is 0. The smallest absolute Gasteiger partial charge is 0.314 e. The zero-order valence-electron chi connectivity index (χ0n) is 12.5. The van der Waals surface area contributed by atoms with Crippen molar-refractivity contribution >= 4 is 17.8 Å². The van der Waals surface area contributed by atoms with Crippen molar-refractivity contribution in [2.24, 2.45) is 0 Å². The highest BCUT2D eigenvalue weighted by molar-refractivity contribution is 6.37. The SMILES string of the molecule is CCCCCC(=O)OCC1CC(O)C(O)C2NC(=O)C(=O)N12. The van der Waals surface area contributed by atoms with Crippen LogP contribution in [0.15, 0.2) is 0 Å². The highest BCUT2D eigenvalue weighted by Gasteiger charge is 2.51. The Morgan fingerprint density at radius 2 is 2.09 bits per heavy atom. The zero-order valence-corrected chi connectivity index (χ0v) is 12.5. The van der Waals surface area contributed by atoms with Gasteiger partial charge in [0.25, 0.3) is 0 Å². The molecular weight excluding hydrogens is 292 g/mol. The number of nitrogens with zero attached hydrogens (tertiary/aromatic N) is 1. The van der Waals surface area contributed by atoms with E-state index in [0.717, 1.165) is 19.3 Å². The zero-order chi connectivity index (χ0) is 16.3. The van der Waals surface area contributed by atoms with Crippen molar-refractivity contribution in [1.29, 1.82) is 0 Å². The minimum Gasteiger partial charge on any atom is -0.463 e. The van der Waals surface area contributed by atoms with Gasteiger partial charge in [-0.3, -0.25) is 14.4 Å². The number of hydrogen-bond acceptors (Lipinski definition) is 6. The molecular formula is C14H22N2O6. The van der Waals surface area contributed by atoms with Crippen LogP contribution in [0.1, 0.15) is 39.0 Å². The minimum absolute atomic E-state index is 0.0562. The van der Waals surface area contributed by atoms with Crippen molar-refractivity contribution in [3.05, 3.63) is 0 Å². The van der Waals surface area contributed by atoms with E-state index >= 15 is 0 Å². The molecule has 0 bridgehead atoms. The van der Waals surface area contributed by atoms with Crippen molar-refractivity contribution in [3.63, 3.8) is 0 Å². The summed E-state index contributed by atoms with van der Waals surface area (Å²) < 4.78 is 5.14. The Morgan fingerprint density at radius 3 is 2.77 bits per heavy atom. The van der Waals surface area contributed by atoms with E-state index in [1.807, 2.05) is 6.92 Å². The number of aliphatic hydroxyl groups is 2. The molecule has 2 aliphatic rings. The van der Waals surface area contributed by atoms with E-state index in [0.29, 0.717) is 6.42 Å². The van der Waals surface area contributed by atoms with E-state index < -0.39 is 36.2 Å². The van der Waals surface area contributed by atoms with E-state index in [2.05, 4.69) is 5.32 Å². The van der Waals surface area contributed by atoms with Gasteiger partial charge in [-0.2, -0.15) is 0 Å². The number of carbonyl (C=O) groups is 3. The van der Waals surface area contributed by atoms with Crippen molar-refractivity contribution in [2.45, 2.75) is 63.4 Å². The molecule has 0 aromatic carbocycles. The van der Waals surface area contributed by atoms with Gasteiger partial charge in [-0.1, -0.05) is 19.8 Å². The van der Waals surface area contributed by atoms with Crippen molar-refractivity contribution < 1.29 is 29.3 Å². The summed E-state index contributed by atoms with van der Waals surface area (Å²) in [6, 6.07) is -0.620.